The van der Waals surface area contributed by atoms with Crippen LogP contribution in [0.4, 0.5) is 10.5 Å². The summed E-state index contributed by atoms with van der Waals surface area (Å²) in [5.74, 6) is 0. The van der Waals surface area contributed by atoms with Crippen LogP contribution in [0.5, 0.6) is 0 Å². The molecule has 0 spiro atoms. The molecule has 5 heteroatoms. The van der Waals surface area contributed by atoms with Gasteiger partial charge in [-0.25, -0.2) is 10.2 Å². The van der Waals surface area contributed by atoms with Crippen molar-refractivity contribution in [1.29, 1.82) is 0 Å². The highest BCUT2D eigenvalue weighted by Gasteiger charge is 2.20. The summed E-state index contributed by atoms with van der Waals surface area (Å²) in [5.41, 5.74) is 9.75. The second-order valence-corrected chi connectivity index (χ2v) is 4.98. The lowest BCUT2D eigenvalue weighted by molar-refractivity contribution is 0.130. The van der Waals surface area contributed by atoms with Crippen LogP contribution in [0.25, 0.3) is 0 Å². The molecular weight excluding hydrogens is 242 g/mol. The molecular formula is C14H21N3O2. The van der Waals surface area contributed by atoms with Gasteiger partial charge in [0.25, 0.3) is 0 Å². The number of rotatable bonds is 4. The molecule has 104 valence electrons. The van der Waals surface area contributed by atoms with Crippen LogP contribution in [0.15, 0.2) is 6.07 Å². The van der Waals surface area contributed by atoms with E-state index in [0.717, 1.165) is 37.8 Å². The first kappa shape index (κ1) is 13.8. The number of hydrazine groups is 1. The summed E-state index contributed by atoms with van der Waals surface area (Å²) in [6.45, 7) is 4.22. The standard InChI is InChI=1S/C14H21N3O2/c1-3-5-11-9(2)8-10-6-4-7-12(10)13(11)15-14(18)16-17-19/h8,17,19H,3-7H2,1-2H3,(H2,15,16,18). The normalized spacial score (nSPS) is 13.2. The van der Waals surface area contributed by atoms with Gasteiger partial charge in [-0.05, 0) is 54.9 Å². The molecule has 0 atom stereocenters. The van der Waals surface area contributed by atoms with Crippen molar-refractivity contribution in [3.63, 3.8) is 0 Å². The van der Waals surface area contributed by atoms with Crippen LogP contribution in [0.1, 0.15) is 42.0 Å². The zero-order valence-electron chi connectivity index (χ0n) is 11.5. The number of carbonyl (C=O) groups is 1. The molecule has 0 unspecified atom stereocenters. The number of carbonyl (C=O) groups excluding carboxylic acids is 1. The highest BCUT2D eigenvalue weighted by atomic mass is 16.5. The van der Waals surface area contributed by atoms with Crippen LogP contribution < -0.4 is 16.3 Å². The van der Waals surface area contributed by atoms with Gasteiger partial charge in [0, 0.05) is 5.69 Å². The molecule has 0 aromatic heterocycles. The molecule has 2 rings (SSSR count). The van der Waals surface area contributed by atoms with Gasteiger partial charge in [-0.2, -0.15) is 0 Å². The Kier molecular flexibility index (Phi) is 4.39. The lowest BCUT2D eigenvalue weighted by atomic mass is 9.95. The quantitative estimate of drug-likeness (QED) is 0.630. The average Bonchev–Trinajstić information content (AvgIpc) is 2.81. The minimum atomic E-state index is -0.445. The first-order valence-electron chi connectivity index (χ1n) is 6.77. The van der Waals surface area contributed by atoms with E-state index in [1.165, 1.54) is 22.3 Å². The van der Waals surface area contributed by atoms with Gasteiger partial charge in [-0.3, -0.25) is 5.21 Å². The summed E-state index contributed by atoms with van der Waals surface area (Å²) in [5, 5.41) is 11.4. The maximum absolute atomic E-state index is 11.6. The second kappa shape index (κ2) is 6.04. The van der Waals surface area contributed by atoms with E-state index in [2.05, 4.69) is 30.7 Å². The van der Waals surface area contributed by atoms with Crippen LogP contribution in [0, 0.1) is 6.92 Å². The molecule has 1 aliphatic rings. The number of nitrogens with one attached hydrogen (secondary N) is 3. The zero-order valence-corrected chi connectivity index (χ0v) is 11.5. The third-order valence-corrected chi connectivity index (χ3v) is 3.64. The van der Waals surface area contributed by atoms with Crippen molar-refractivity contribution < 1.29 is 10.0 Å². The van der Waals surface area contributed by atoms with E-state index < -0.39 is 6.03 Å². The van der Waals surface area contributed by atoms with Crippen molar-refractivity contribution >= 4 is 11.7 Å². The van der Waals surface area contributed by atoms with E-state index in [1.807, 2.05) is 0 Å². The topological polar surface area (TPSA) is 73.4 Å². The molecule has 5 nitrogen and oxygen atoms in total. The Labute approximate surface area is 113 Å². The number of amides is 2. The molecule has 4 N–H and O–H groups in total. The van der Waals surface area contributed by atoms with Gasteiger partial charge in [0.05, 0.1) is 0 Å². The lowest BCUT2D eigenvalue weighted by Gasteiger charge is -2.18. The number of fused-ring (bicyclic) bond motifs is 1. The molecule has 1 aromatic rings. The van der Waals surface area contributed by atoms with Crippen LogP contribution in [0.3, 0.4) is 0 Å². The summed E-state index contributed by atoms with van der Waals surface area (Å²) in [7, 11) is 0. The molecule has 0 saturated carbocycles. The molecule has 0 bridgehead atoms. The Bertz CT molecular complexity index is 486. The largest absolute Gasteiger partial charge is 0.335 e. The first-order chi connectivity index (χ1) is 9.17. The van der Waals surface area contributed by atoms with Crippen molar-refractivity contribution in [3.05, 3.63) is 28.3 Å². The second-order valence-electron chi connectivity index (χ2n) is 4.98. The van der Waals surface area contributed by atoms with E-state index in [4.69, 9.17) is 5.21 Å². The summed E-state index contributed by atoms with van der Waals surface area (Å²) in [6.07, 6.45) is 5.21. The third-order valence-electron chi connectivity index (χ3n) is 3.64. The van der Waals surface area contributed by atoms with E-state index in [9.17, 15) is 4.79 Å². The number of hydrogen-bond acceptors (Lipinski definition) is 3. The van der Waals surface area contributed by atoms with E-state index in [-0.39, 0.29) is 0 Å². The predicted molar refractivity (Wildman–Crippen MR) is 74.3 cm³/mol. The van der Waals surface area contributed by atoms with Crippen LogP contribution >= 0.6 is 0 Å². The Morgan fingerprint density at radius 3 is 2.89 bits per heavy atom. The maximum atomic E-state index is 11.6. The molecule has 0 heterocycles. The average molecular weight is 263 g/mol. The fourth-order valence-corrected chi connectivity index (χ4v) is 2.86. The predicted octanol–water partition coefficient (Wildman–Crippen LogP) is 2.45. The number of benzene rings is 1. The third kappa shape index (κ3) is 2.88. The maximum Gasteiger partial charge on any atom is 0.335 e. The monoisotopic (exact) mass is 263 g/mol. The first-order valence-corrected chi connectivity index (χ1v) is 6.77. The molecule has 1 aromatic carbocycles. The van der Waals surface area contributed by atoms with E-state index in [0.29, 0.717) is 0 Å². The Hall–Kier alpha value is -1.59. The number of aryl methyl sites for hydroxylation is 2. The van der Waals surface area contributed by atoms with Gasteiger partial charge in [0.1, 0.15) is 0 Å². The molecule has 19 heavy (non-hydrogen) atoms. The molecule has 1 aliphatic carbocycles. The smallest absolute Gasteiger partial charge is 0.306 e. The van der Waals surface area contributed by atoms with Crippen molar-refractivity contribution in [2.45, 2.75) is 46.0 Å². The fourth-order valence-electron chi connectivity index (χ4n) is 2.86. The molecule has 0 radical (unpaired) electrons. The van der Waals surface area contributed by atoms with Gasteiger partial charge < -0.3 is 5.32 Å². The fraction of sp³-hybridized carbons (Fsp3) is 0.500. The summed E-state index contributed by atoms with van der Waals surface area (Å²) in [6, 6.07) is 1.81. The van der Waals surface area contributed by atoms with E-state index >= 15 is 0 Å². The van der Waals surface area contributed by atoms with Gasteiger partial charge in [0.2, 0.25) is 0 Å². The van der Waals surface area contributed by atoms with Crippen molar-refractivity contribution in [2.24, 2.45) is 0 Å². The van der Waals surface area contributed by atoms with Gasteiger partial charge in [-0.1, -0.05) is 19.4 Å². The Morgan fingerprint density at radius 2 is 2.21 bits per heavy atom. The highest BCUT2D eigenvalue weighted by Crippen LogP contribution is 2.35. The van der Waals surface area contributed by atoms with Crippen LogP contribution in [-0.4, -0.2) is 11.2 Å². The lowest BCUT2D eigenvalue weighted by Crippen LogP contribution is -2.38. The summed E-state index contributed by atoms with van der Waals surface area (Å²) >= 11 is 0. The highest BCUT2D eigenvalue weighted by molar-refractivity contribution is 5.91. The Morgan fingerprint density at radius 1 is 1.42 bits per heavy atom. The van der Waals surface area contributed by atoms with Gasteiger partial charge in [-0.15, -0.1) is 5.59 Å². The van der Waals surface area contributed by atoms with Crippen LogP contribution in [-0.2, 0) is 19.3 Å². The van der Waals surface area contributed by atoms with Crippen molar-refractivity contribution in [3.8, 4) is 0 Å². The minimum Gasteiger partial charge on any atom is -0.306 e. The van der Waals surface area contributed by atoms with Crippen molar-refractivity contribution in [2.75, 3.05) is 5.32 Å². The summed E-state index contributed by atoms with van der Waals surface area (Å²) < 4.78 is 0. The van der Waals surface area contributed by atoms with Crippen LogP contribution in [0.2, 0.25) is 0 Å². The van der Waals surface area contributed by atoms with Gasteiger partial charge >= 0.3 is 6.03 Å². The number of hydrogen-bond donors (Lipinski definition) is 4. The zero-order chi connectivity index (χ0) is 13.8. The summed E-state index contributed by atoms with van der Waals surface area (Å²) in [4.78, 5) is 11.6. The van der Waals surface area contributed by atoms with Crippen molar-refractivity contribution in [1.82, 2.24) is 11.0 Å². The van der Waals surface area contributed by atoms with Gasteiger partial charge in [0.15, 0.2) is 0 Å². The molecule has 0 saturated heterocycles. The molecule has 0 fully saturated rings. The van der Waals surface area contributed by atoms with E-state index in [1.54, 1.807) is 5.59 Å². The molecule has 0 aliphatic heterocycles. The Balaban J connectivity index is 2.39. The minimum absolute atomic E-state index is 0.445. The molecule has 2 amide bonds. The number of urea groups is 1. The SMILES string of the molecule is CCCc1c(C)cc2c(c1NC(=O)NNO)CCC2. The number of anilines is 1.